The van der Waals surface area contributed by atoms with Crippen LogP contribution in [0.3, 0.4) is 0 Å². The summed E-state index contributed by atoms with van der Waals surface area (Å²) >= 11 is 0. The Hall–Kier alpha value is -3.76. The number of fused-ring (bicyclic) bond motifs is 1. The van der Waals surface area contributed by atoms with E-state index in [9.17, 15) is 14.7 Å². The van der Waals surface area contributed by atoms with Gasteiger partial charge in [-0.05, 0) is 35.8 Å². The summed E-state index contributed by atoms with van der Waals surface area (Å²) in [6.07, 6.45) is 6.39. The van der Waals surface area contributed by atoms with Crippen molar-refractivity contribution in [3.05, 3.63) is 119 Å². The summed E-state index contributed by atoms with van der Waals surface area (Å²) < 4.78 is 0. The zero-order chi connectivity index (χ0) is 22.6. The first-order valence-corrected chi connectivity index (χ1v) is 10.6. The number of carbonyl (C=O) groups is 2. The molecule has 32 heavy (non-hydrogen) atoms. The van der Waals surface area contributed by atoms with Gasteiger partial charge in [-0.3, -0.25) is 9.59 Å². The highest BCUT2D eigenvalue weighted by atomic mass is 16.3. The molecule has 0 bridgehead atoms. The van der Waals surface area contributed by atoms with Gasteiger partial charge in [-0.15, -0.1) is 0 Å². The van der Waals surface area contributed by atoms with Gasteiger partial charge < -0.3 is 10.0 Å². The molecule has 4 heteroatoms. The number of benzene rings is 3. The first-order chi connectivity index (χ1) is 15.5. The molecule has 1 aliphatic rings. The quantitative estimate of drug-likeness (QED) is 0.432. The van der Waals surface area contributed by atoms with Crippen LogP contribution in [0.15, 0.2) is 97.1 Å². The standard InChI is InChI=1S/C28H25NO3/c1-21-11-5-7-15-23(21)20-29-26-18-10-9-17-25(26)28(32,27(29)31)19-24(30)16-8-6-14-22-12-3-2-4-13-22/h2-18,32H,19-20H2,1H3/b14-6+,16-8+. The van der Waals surface area contributed by atoms with Crippen molar-refractivity contribution in [2.24, 2.45) is 0 Å². The monoisotopic (exact) mass is 423 g/mol. The van der Waals surface area contributed by atoms with E-state index in [4.69, 9.17) is 0 Å². The Morgan fingerprint density at radius 2 is 1.62 bits per heavy atom. The highest BCUT2D eigenvalue weighted by Gasteiger charge is 2.50. The number of aryl methyl sites for hydroxylation is 1. The number of rotatable bonds is 7. The number of aliphatic hydroxyl groups is 1. The molecule has 0 saturated heterocycles. The van der Waals surface area contributed by atoms with E-state index < -0.39 is 11.5 Å². The summed E-state index contributed by atoms with van der Waals surface area (Å²) in [6.45, 7) is 2.33. The third kappa shape index (κ3) is 4.32. The van der Waals surface area contributed by atoms with E-state index in [0.29, 0.717) is 17.8 Å². The van der Waals surface area contributed by atoms with Crippen molar-refractivity contribution in [2.45, 2.75) is 25.5 Å². The van der Waals surface area contributed by atoms with Crippen LogP contribution in [0.25, 0.3) is 6.08 Å². The number of para-hydroxylation sites is 1. The lowest BCUT2D eigenvalue weighted by Crippen LogP contribution is -2.41. The van der Waals surface area contributed by atoms with Crippen molar-refractivity contribution in [1.82, 2.24) is 0 Å². The van der Waals surface area contributed by atoms with Crippen LogP contribution in [-0.4, -0.2) is 16.8 Å². The van der Waals surface area contributed by atoms with Crippen LogP contribution in [0.5, 0.6) is 0 Å². The number of nitrogens with zero attached hydrogens (tertiary/aromatic N) is 1. The van der Waals surface area contributed by atoms with E-state index in [2.05, 4.69) is 0 Å². The SMILES string of the molecule is Cc1ccccc1CN1C(=O)C(O)(CC(=O)/C=C/C=C/c2ccccc2)c2ccccc21. The van der Waals surface area contributed by atoms with Gasteiger partial charge in [-0.25, -0.2) is 0 Å². The number of allylic oxidation sites excluding steroid dienone is 3. The topological polar surface area (TPSA) is 57.6 Å². The molecule has 160 valence electrons. The van der Waals surface area contributed by atoms with E-state index in [1.165, 1.54) is 6.08 Å². The molecule has 0 radical (unpaired) electrons. The normalized spacial score (nSPS) is 17.9. The molecule has 0 saturated carbocycles. The van der Waals surface area contributed by atoms with E-state index in [0.717, 1.165) is 16.7 Å². The predicted molar refractivity (Wildman–Crippen MR) is 127 cm³/mol. The van der Waals surface area contributed by atoms with Gasteiger partial charge in [0.15, 0.2) is 11.4 Å². The summed E-state index contributed by atoms with van der Waals surface area (Å²) in [5.74, 6) is -0.783. The van der Waals surface area contributed by atoms with E-state index in [1.807, 2.05) is 79.7 Å². The summed E-state index contributed by atoms with van der Waals surface area (Å²) in [6, 6.07) is 24.7. The van der Waals surface area contributed by atoms with Gasteiger partial charge in [0.25, 0.3) is 5.91 Å². The molecular weight excluding hydrogens is 398 g/mol. The molecule has 0 spiro atoms. The molecule has 1 heterocycles. The minimum atomic E-state index is -1.87. The Bertz CT molecular complexity index is 1200. The molecule has 3 aromatic carbocycles. The Labute approximate surface area is 188 Å². The summed E-state index contributed by atoms with van der Waals surface area (Å²) in [4.78, 5) is 27.5. The molecule has 1 atom stereocenters. The first kappa shape index (κ1) is 21.5. The Kier molecular flexibility index (Phi) is 6.15. The fourth-order valence-electron chi connectivity index (χ4n) is 4.00. The number of carbonyl (C=O) groups excluding carboxylic acids is 2. The van der Waals surface area contributed by atoms with Crippen molar-refractivity contribution in [3.8, 4) is 0 Å². The molecule has 0 aliphatic carbocycles. The highest BCUT2D eigenvalue weighted by molar-refractivity contribution is 6.09. The van der Waals surface area contributed by atoms with Crippen LogP contribution >= 0.6 is 0 Å². The number of hydrogen-bond donors (Lipinski definition) is 1. The van der Waals surface area contributed by atoms with Gasteiger partial charge in [0, 0.05) is 5.56 Å². The highest BCUT2D eigenvalue weighted by Crippen LogP contribution is 2.43. The van der Waals surface area contributed by atoms with E-state index in [-0.39, 0.29) is 12.2 Å². The van der Waals surface area contributed by atoms with Crippen molar-refractivity contribution < 1.29 is 14.7 Å². The van der Waals surface area contributed by atoms with Crippen molar-refractivity contribution >= 4 is 23.5 Å². The van der Waals surface area contributed by atoms with Gasteiger partial charge in [-0.1, -0.05) is 91.0 Å². The number of hydrogen-bond acceptors (Lipinski definition) is 3. The average Bonchev–Trinajstić information content (AvgIpc) is 3.01. The van der Waals surface area contributed by atoms with Crippen LogP contribution in [-0.2, 0) is 21.7 Å². The molecule has 0 fully saturated rings. The van der Waals surface area contributed by atoms with Gasteiger partial charge in [0.1, 0.15) is 0 Å². The zero-order valence-electron chi connectivity index (χ0n) is 17.9. The molecule has 1 amide bonds. The molecule has 1 unspecified atom stereocenters. The van der Waals surface area contributed by atoms with Crippen LogP contribution < -0.4 is 4.90 Å². The van der Waals surface area contributed by atoms with E-state index in [1.54, 1.807) is 29.2 Å². The fraction of sp³-hybridized carbons (Fsp3) is 0.143. The molecule has 1 N–H and O–H groups in total. The van der Waals surface area contributed by atoms with E-state index >= 15 is 0 Å². The maximum absolute atomic E-state index is 13.3. The minimum absolute atomic E-state index is 0.303. The van der Waals surface area contributed by atoms with Gasteiger partial charge in [0.05, 0.1) is 18.7 Å². The lowest BCUT2D eigenvalue weighted by atomic mass is 9.90. The first-order valence-electron chi connectivity index (χ1n) is 10.6. The summed E-state index contributed by atoms with van der Waals surface area (Å²) in [5, 5.41) is 11.4. The second-order valence-electron chi connectivity index (χ2n) is 7.97. The number of ketones is 1. The molecule has 3 aromatic rings. The molecule has 1 aliphatic heterocycles. The molecule has 4 nitrogen and oxygen atoms in total. The van der Waals surface area contributed by atoms with Gasteiger partial charge in [0.2, 0.25) is 0 Å². The third-order valence-electron chi connectivity index (χ3n) is 5.74. The minimum Gasteiger partial charge on any atom is -0.375 e. The van der Waals surface area contributed by atoms with Crippen LogP contribution in [0.4, 0.5) is 5.69 Å². The maximum atomic E-state index is 13.3. The largest absolute Gasteiger partial charge is 0.375 e. The summed E-state index contributed by atoms with van der Waals surface area (Å²) in [7, 11) is 0. The smallest absolute Gasteiger partial charge is 0.264 e. The zero-order valence-corrected chi connectivity index (χ0v) is 17.9. The van der Waals surface area contributed by atoms with Crippen molar-refractivity contribution in [3.63, 3.8) is 0 Å². The van der Waals surface area contributed by atoms with Crippen LogP contribution in [0, 0.1) is 6.92 Å². The Morgan fingerprint density at radius 3 is 2.41 bits per heavy atom. The van der Waals surface area contributed by atoms with Gasteiger partial charge in [-0.2, -0.15) is 0 Å². The Balaban J connectivity index is 1.53. The lowest BCUT2D eigenvalue weighted by molar-refractivity contribution is -0.140. The second-order valence-corrected chi connectivity index (χ2v) is 7.97. The number of amides is 1. The second kappa shape index (κ2) is 9.16. The molecular formula is C28H25NO3. The number of anilines is 1. The lowest BCUT2D eigenvalue weighted by Gasteiger charge is -2.23. The molecule has 4 rings (SSSR count). The average molecular weight is 424 g/mol. The van der Waals surface area contributed by atoms with Crippen LogP contribution in [0.2, 0.25) is 0 Å². The fourth-order valence-corrected chi connectivity index (χ4v) is 4.00. The Morgan fingerprint density at radius 1 is 0.938 bits per heavy atom. The maximum Gasteiger partial charge on any atom is 0.264 e. The van der Waals surface area contributed by atoms with Crippen molar-refractivity contribution in [2.75, 3.05) is 4.90 Å². The third-order valence-corrected chi connectivity index (χ3v) is 5.74. The van der Waals surface area contributed by atoms with Crippen LogP contribution in [0.1, 0.15) is 28.7 Å². The summed E-state index contributed by atoms with van der Waals surface area (Å²) in [5.41, 5.74) is 2.33. The van der Waals surface area contributed by atoms with Crippen molar-refractivity contribution in [1.29, 1.82) is 0 Å². The molecule has 0 aromatic heterocycles. The van der Waals surface area contributed by atoms with Gasteiger partial charge >= 0.3 is 0 Å². The predicted octanol–water partition coefficient (Wildman–Crippen LogP) is 4.96.